The largest absolute Gasteiger partial charge is 0.374 e. The zero-order valence-corrected chi connectivity index (χ0v) is 14.6. The normalized spacial score (nSPS) is 23.2. The van der Waals surface area contributed by atoms with Crippen molar-refractivity contribution in [2.45, 2.75) is 38.3 Å². The molecule has 5 nitrogen and oxygen atoms in total. The number of hydrogen-bond acceptors (Lipinski definition) is 3. The van der Waals surface area contributed by atoms with Crippen molar-refractivity contribution >= 4 is 6.03 Å². The zero-order chi connectivity index (χ0) is 16.8. The molecule has 24 heavy (non-hydrogen) atoms. The number of rotatable bonds is 4. The van der Waals surface area contributed by atoms with Gasteiger partial charge in [-0.2, -0.15) is 0 Å². The molecule has 1 N–H and O–H groups in total. The van der Waals surface area contributed by atoms with E-state index in [1.165, 1.54) is 5.56 Å². The number of hydrogen-bond donors (Lipinski definition) is 1. The van der Waals surface area contributed by atoms with E-state index >= 15 is 0 Å². The Morgan fingerprint density at radius 2 is 1.96 bits per heavy atom. The van der Waals surface area contributed by atoms with Crippen molar-refractivity contribution in [1.29, 1.82) is 0 Å². The van der Waals surface area contributed by atoms with Crippen LogP contribution in [0.3, 0.4) is 0 Å². The average Bonchev–Trinajstić information content (AvgIpc) is 2.63. The fourth-order valence-electron chi connectivity index (χ4n) is 3.56. The molecule has 0 unspecified atom stereocenters. The van der Waals surface area contributed by atoms with E-state index < -0.39 is 0 Å². The fourth-order valence-corrected chi connectivity index (χ4v) is 3.56. The first-order valence-electron chi connectivity index (χ1n) is 9.18. The minimum absolute atomic E-state index is 0.0753. The van der Waals surface area contributed by atoms with Crippen LogP contribution in [0.5, 0.6) is 0 Å². The highest BCUT2D eigenvalue weighted by Crippen LogP contribution is 2.14. The third kappa shape index (κ3) is 4.71. The van der Waals surface area contributed by atoms with Crippen molar-refractivity contribution in [3.05, 3.63) is 35.9 Å². The highest BCUT2D eigenvalue weighted by Gasteiger charge is 2.27. The number of morpholine rings is 1. The highest BCUT2D eigenvalue weighted by atomic mass is 16.5. The summed E-state index contributed by atoms with van der Waals surface area (Å²) in [4.78, 5) is 16.9. The van der Waals surface area contributed by atoms with E-state index in [-0.39, 0.29) is 12.1 Å². The number of amides is 2. The van der Waals surface area contributed by atoms with Crippen LogP contribution in [0, 0.1) is 0 Å². The first-order chi connectivity index (χ1) is 11.7. The maximum absolute atomic E-state index is 12.6. The summed E-state index contributed by atoms with van der Waals surface area (Å²) >= 11 is 0. The monoisotopic (exact) mass is 331 g/mol. The van der Waals surface area contributed by atoms with Crippen LogP contribution >= 0.6 is 0 Å². The number of carbonyl (C=O) groups excluding carboxylic acids is 1. The predicted molar refractivity (Wildman–Crippen MR) is 95.1 cm³/mol. The lowest BCUT2D eigenvalue weighted by molar-refractivity contribution is -0.0139. The van der Waals surface area contributed by atoms with Gasteiger partial charge < -0.3 is 19.9 Å². The van der Waals surface area contributed by atoms with Gasteiger partial charge in [-0.15, -0.1) is 0 Å². The number of urea groups is 1. The van der Waals surface area contributed by atoms with Gasteiger partial charge in [0, 0.05) is 38.6 Å². The minimum atomic E-state index is 0.0753. The number of likely N-dealkylation sites (tertiary alicyclic amines) is 1. The first kappa shape index (κ1) is 17.2. The van der Waals surface area contributed by atoms with E-state index in [4.69, 9.17) is 4.74 Å². The Hall–Kier alpha value is -1.59. The molecule has 132 valence electrons. The molecule has 0 radical (unpaired) electrons. The molecule has 1 aromatic carbocycles. The number of piperidine rings is 1. The Morgan fingerprint density at radius 3 is 2.67 bits per heavy atom. The van der Waals surface area contributed by atoms with E-state index in [0.717, 1.165) is 38.9 Å². The summed E-state index contributed by atoms with van der Waals surface area (Å²) in [5.74, 6) is 0. The van der Waals surface area contributed by atoms with Gasteiger partial charge in [-0.25, -0.2) is 4.79 Å². The molecule has 1 atom stereocenters. The van der Waals surface area contributed by atoms with Crippen LogP contribution in [0.1, 0.15) is 25.3 Å². The van der Waals surface area contributed by atoms with Gasteiger partial charge in [-0.05, 0) is 24.9 Å². The van der Waals surface area contributed by atoms with Crippen molar-refractivity contribution in [2.75, 3.05) is 39.3 Å². The Labute approximate surface area is 145 Å². The number of nitrogens with zero attached hydrogens (tertiary/aromatic N) is 2. The second-order valence-electron chi connectivity index (χ2n) is 6.79. The average molecular weight is 331 g/mol. The zero-order valence-electron chi connectivity index (χ0n) is 14.6. The van der Waals surface area contributed by atoms with Gasteiger partial charge in [-0.1, -0.05) is 37.3 Å². The molecule has 2 amide bonds. The van der Waals surface area contributed by atoms with Crippen molar-refractivity contribution in [1.82, 2.24) is 15.1 Å². The summed E-state index contributed by atoms with van der Waals surface area (Å²) < 4.78 is 5.85. The van der Waals surface area contributed by atoms with E-state index in [1.807, 2.05) is 23.1 Å². The maximum atomic E-state index is 12.6. The molecule has 5 heteroatoms. The van der Waals surface area contributed by atoms with Gasteiger partial charge in [0.25, 0.3) is 0 Å². The maximum Gasteiger partial charge on any atom is 0.317 e. The molecule has 3 rings (SSSR count). The Kier molecular flexibility index (Phi) is 6.10. The van der Waals surface area contributed by atoms with Crippen molar-refractivity contribution < 1.29 is 9.53 Å². The molecule has 0 aromatic heterocycles. The van der Waals surface area contributed by atoms with E-state index in [1.54, 1.807) is 0 Å². The van der Waals surface area contributed by atoms with Crippen LogP contribution < -0.4 is 5.32 Å². The van der Waals surface area contributed by atoms with E-state index in [2.05, 4.69) is 29.3 Å². The van der Waals surface area contributed by atoms with Crippen LogP contribution in [-0.4, -0.2) is 67.3 Å². The second-order valence-corrected chi connectivity index (χ2v) is 6.79. The van der Waals surface area contributed by atoms with Gasteiger partial charge in [0.15, 0.2) is 0 Å². The van der Waals surface area contributed by atoms with E-state index in [9.17, 15) is 4.79 Å². The Morgan fingerprint density at radius 1 is 1.21 bits per heavy atom. The highest BCUT2D eigenvalue weighted by molar-refractivity contribution is 5.74. The summed E-state index contributed by atoms with van der Waals surface area (Å²) in [5, 5.41) is 3.22. The van der Waals surface area contributed by atoms with Crippen molar-refractivity contribution in [3.63, 3.8) is 0 Å². The molecule has 0 saturated carbocycles. The number of benzene rings is 1. The Balaban J connectivity index is 1.46. The third-order valence-electron chi connectivity index (χ3n) is 5.09. The summed E-state index contributed by atoms with van der Waals surface area (Å²) in [6.07, 6.45) is 3.06. The molecule has 0 aliphatic carbocycles. The van der Waals surface area contributed by atoms with Crippen LogP contribution in [0.2, 0.25) is 0 Å². The smallest absolute Gasteiger partial charge is 0.317 e. The van der Waals surface area contributed by atoms with Crippen LogP contribution in [-0.2, 0) is 11.2 Å². The van der Waals surface area contributed by atoms with Crippen LogP contribution in [0.15, 0.2) is 30.3 Å². The van der Waals surface area contributed by atoms with Crippen molar-refractivity contribution in [3.8, 4) is 0 Å². The summed E-state index contributed by atoms with van der Waals surface area (Å²) in [6.45, 7) is 7.45. The lowest BCUT2D eigenvalue weighted by Gasteiger charge is -2.36. The predicted octanol–water partition coefficient (Wildman–Crippen LogP) is 2.12. The molecular formula is C19H29N3O2. The molecule has 2 heterocycles. The number of ether oxygens (including phenoxy) is 1. The van der Waals surface area contributed by atoms with Gasteiger partial charge in [-0.3, -0.25) is 0 Å². The Bertz CT molecular complexity index is 515. The van der Waals surface area contributed by atoms with Crippen molar-refractivity contribution in [2.24, 2.45) is 0 Å². The quantitative estimate of drug-likeness (QED) is 0.919. The number of nitrogens with one attached hydrogen (secondary N) is 1. The number of carbonyl (C=O) groups is 1. The molecule has 2 saturated heterocycles. The second kappa shape index (κ2) is 8.49. The van der Waals surface area contributed by atoms with Crippen LogP contribution in [0.25, 0.3) is 0 Å². The van der Waals surface area contributed by atoms with E-state index in [0.29, 0.717) is 25.7 Å². The van der Waals surface area contributed by atoms with Gasteiger partial charge in [0.2, 0.25) is 0 Å². The standard InChI is InChI=1S/C19H29N3O2/c1-2-21-10-8-17(9-11-21)20-19(23)22-12-13-24-18(15-22)14-16-6-4-3-5-7-16/h3-7,17-18H,2,8-15H2,1H3,(H,20,23)/t18-/m0/s1. The van der Waals surface area contributed by atoms with Gasteiger partial charge in [0.1, 0.15) is 0 Å². The molecule has 0 bridgehead atoms. The molecule has 2 aliphatic heterocycles. The SMILES string of the molecule is CCN1CCC(NC(=O)N2CCO[C@@H](Cc3ccccc3)C2)CC1. The first-order valence-corrected chi connectivity index (χ1v) is 9.18. The molecular weight excluding hydrogens is 302 g/mol. The van der Waals surface area contributed by atoms with Gasteiger partial charge in [0.05, 0.1) is 12.7 Å². The lowest BCUT2D eigenvalue weighted by atomic mass is 10.1. The molecule has 2 aliphatic rings. The third-order valence-corrected chi connectivity index (χ3v) is 5.09. The fraction of sp³-hybridized carbons (Fsp3) is 0.632. The molecule has 1 aromatic rings. The van der Waals surface area contributed by atoms with Gasteiger partial charge >= 0.3 is 6.03 Å². The minimum Gasteiger partial charge on any atom is -0.374 e. The summed E-state index contributed by atoms with van der Waals surface area (Å²) in [5.41, 5.74) is 1.26. The van der Waals surface area contributed by atoms with Crippen LogP contribution in [0.4, 0.5) is 4.79 Å². The summed E-state index contributed by atoms with van der Waals surface area (Å²) in [7, 11) is 0. The summed E-state index contributed by atoms with van der Waals surface area (Å²) in [6, 6.07) is 10.7. The topological polar surface area (TPSA) is 44.8 Å². The molecule has 0 spiro atoms. The molecule has 2 fully saturated rings. The lowest BCUT2D eigenvalue weighted by Crippen LogP contribution is -2.53.